The minimum atomic E-state index is 0.445. The van der Waals surface area contributed by atoms with Crippen molar-refractivity contribution >= 4 is 0 Å². The van der Waals surface area contributed by atoms with E-state index in [4.69, 9.17) is 15.0 Å². The quantitative estimate of drug-likeness (QED) is 0.760. The van der Waals surface area contributed by atoms with E-state index >= 15 is 0 Å². The summed E-state index contributed by atoms with van der Waals surface area (Å²) in [4.78, 5) is 2.37. The van der Waals surface area contributed by atoms with Gasteiger partial charge in [0.05, 0.1) is 18.9 Å². The van der Waals surface area contributed by atoms with Gasteiger partial charge in [-0.15, -0.1) is 0 Å². The maximum atomic E-state index is 5.45. The van der Waals surface area contributed by atoms with Crippen molar-refractivity contribution in [3.05, 3.63) is 17.5 Å². The van der Waals surface area contributed by atoms with Crippen molar-refractivity contribution in [1.82, 2.24) is 10.1 Å². The van der Waals surface area contributed by atoms with Gasteiger partial charge >= 0.3 is 0 Å². The molecular formula is C10H17N3O2. The van der Waals surface area contributed by atoms with E-state index in [0.29, 0.717) is 6.54 Å². The van der Waals surface area contributed by atoms with E-state index in [1.54, 1.807) is 0 Å². The Kier molecular flexibility index (Phi) is 3.71. The number of ether oxygens (including phenoxy) is 1. The molecule has 5 nitrogen and oxygen atoms in total. The molecule has 2 rings (SSSR count). The summed E-state index contributed by atoms with van der Waals surface area (Å²) < 4.78 is 10.4. The molecule has 0 spiro atoms. The second-order valence-corrected chi connectivity index (χ2v) is 3.69. The molecular weight excluding hydrogens is 194 g/mol. The number of hydrogen-bond donors (Lipinski definition) is 1. The molecule has 2 heterocycles. The van der Waals surface area contributed by atoms with Crippen LogP contribution in [0.2, 0.25) is 0 Å². The maximum absolute atomic E-state index is 5.45. The second-order valence-electron chi connectivity index (χ2n) is 3.69. The third-order valence-electron chi connectivity index (χ3n) is 2.60. The molecule has 1 aromatic heterocycles. The molecule has 0 unspecified atom stereocenters. The molecule has 0 radical (unpaired) electrons. The topological polar surface area (TPSA) is 64.5 Å². The molecule has 1 aliphatic rings. The molecule has 2 N–H and O–H groups in total. The Hall–Kier alpha value is -0.910. The smallest absolute Gasteiger partial charge is 0.138 e. The van der Waals surface area contributed by atoms with E-state index in [1.165, 1.54) is 0 Å². The largest absolute Gasteiger partial charge is 0.379 e. The van der Waals surface area contributed by atoms with Crippen LogP contribution in [-0.2, 0) is 17.7 Å². The molecule has 1 aliphatic heterocycles. The van der Waals surface area contributed by atoms with Crippen LogP contribution in [-0.4, -0.2) is 42.9 Å². The highest BCUT2D eigenvalue weighted by molar-refractivity contribution is 5.05. The average Bonchev–Trinajstić information content (AvgIpc) is 2.76. The predicted molar refractivity (Wildman–Crippen MR) is 55.4 cm³/mol. The van der Waals surface area contributed by atoms with Crippen LogP contribution < -0.4 is 5.73 Å². The van der Waals surface area contributed by atoms with Crippen molar-refractivity contribution in [2.24, 2.45) is 5.73 Å². The number of aromatic nitrogens is 1. The molecule has 0 saturated carbocycles. The van der Waals surface area contributed by atoms with Gasteiger partial charge in [0, 0.05) is 38.7 Å². The molecule has 0 bridgehead atoms. The Morgan fingerprint density at radius 3 is 2.87 bits per heavy atom. The molecule has 15 heavy (non-hydrogen) atoms. The fourth-order valence-corrected chi connectivity index (χ4v) is 1.66. The number of nitrogens with zero attached hydrogens (tertiary/aromatic N) is 2. The Bertz CT molecular complexity index is 295. The Balaban J connectivity index is 1.76. The van der Waals surface area contributed by atoms with Gasteiger partial charge in [-0.05, 0) is 0 Å². The summed E-state index contributed by atoms with van der Waals surface area (Å²) in [7, 11) is 0. The first-order chi connectivity index (χ1) is 7.38. The third-order valence-corrected chi connectivity index (χ3v) is 2.60. The lowest BCUT2D eigenvalue weighted by Gasteiger charge is -2.25. The monoisotopic (exact) mass is 211 g/mol. The van der Waals surface area contributed by atoms with Crippen molar-refractivity contribution in [2.75, 3.05) is 32.8 Å². The highest BCUT2D eigenvalue weighted by Gasteiger charge is 2.11. The highest BCUT2D eigenvalue weighted by Crippen LogP contribution is 2.05. The lowest BCUT2D eigenvalue weighted by molar-refractivity contribution is 0.0377. The van der Waals surface area contributed by atoms with E-state index < -0.39 is 0 Å². The van der Waals surface area contributed by atoms with E-state index in [2.05, 4.69) is 10.1 Å². The first-order valence-electron chi connectivity index (χ1n) is 5.33. The van der Waals surface area contributed by atoms with Gasteiger partial charge in [0.25, 0.3) is 0 Å². The first-order valence-corrected chi connectivity index (χ1v) is 5.33. The van der Waals surface area contributed by atoms with Crippen molar-refractivity contribution < 1.29 is 9.26 Å². The van der Waals surface area contributed by atoms with Gasteiger partial charge in [-0.2, -0.15) is 0 Å². The molecule has 1 aromatic rings. The minimum absolute atomic E-state index is 0.445. The van der Waals surface area contributed by atoms with Gasteiger partial charge in [-0.3, -0.25) is 4.90 Å². The number of nitrogens with two attached hydrogens (primary N) is 1. The predicted octanol–water partition coefficient (Wildman–Crippen LogP) is 0.00800. The summed E-state index contributed by atoms with van der Waals surface area (Å²) in [6.45, 7) is 5.15. The van der Waals surface area contributed by atoms with Crippen LogP contribution in [0.15, 0.2) is 10.6 Å². The SMILES string of the molecule is NCc1cc(CCN2CCOCC2)on1. The van der Waals surface area contributed by atoms with Gasteiger partial charge in [0.2, 0.25) is 0 Å². The van der Waals surface area contributed by atoms with E-state index in [1.807, 2.05) is 6.07 Å². The zero-order chi connectivity index (χ0) is 10.5. The van der Waals surface area contributed by atoms with Crippen LogP contribution in [0, 0.1) is 0 Å². The summed E-state index contributed by atoms with van der Waals surface area (Å²) in [5, 5.41) is 3.86. The number of morpholine rings is 1. The molecule has 0 atom stereocenters. The zero-order valence-corrected chi connectivity index (χ0v) is 8.82. The molecule has 0 aromatic carbocycles. The van der Waals surface area contributed by atoms with Gasteiger partial charge < -0.3 is 15.0 Å². The zero-order valence-electron chi connectivity index (χ0n) is 8.82. The molecule has 0 aliphatic carbocycles. The number of hydrogen-bond acceptors (Lipinski definition) is 5. The summed E-state index contributed by atoms with van der Waals surface area (Å²) in [5.74, 6) is 0.918. The van der Waals surface area contributed by atoms with Crippen LogP contribution >= 0.6 is 0 Å². The van der Waals surface area contributed by atoms with Crippen LogP contribution in [0.5, 0.6) is 0 Å². The molecule has 84 valence electrons. The second kappa shape index (κ2) is 5.25. The summed E-state index contributed by atoms with van der Waals surface area (Å²) in [6.07, 6.45) is 0.896. The van der Waals surface area contributed by atoms with Crippen LogP contribution in [0.25, 0.3) is 0 Å². The summed E-state index contributed by atoms with van der Waals surface area (Å²) in [5.41, 5.74) is 6.28. The van der Waals surface area contributed by atoms with Crippen LogP contribution in [0.4, 0.5) is 0 Å². The molecule has 1 saturated heterocycles. The fraction of sp³-hybridized carbons (Fsp3) is 0.700. The van der Waals surface area contributed by atoms with E-state index in [9.17, 15) is 0 Å². The van der Waals surface area contributed by atoms with Gasteiger partial charge in [-0.1, -0.05) is 5.16 Å². The Morgan fingerprint density at radius 1 is 1.40 bits per heavy atom. The normalized spacial score (nSPS) is 18.2. The lowest BCUT2D eigenvalue weighted by atomic mass is 10.2. The molecule has 1 fully saturated rings. The fourth-order valence-electron chi connectivity index (χ4n) is 1.66. The van der Waals surface area contributed by atoms with Crippen LogP contribution in [0.3, 0.4) is 0 Å². The van der Waals surface area contributed by atoms with E-state index in [0.717, 1.165) is 50.7 Å². The maximum Gasteiger partial charge on any atom is 0.138 e. The van der Waals surface area contributed by atoms with Gasteiger partial charge in [0.1, 0.15) is 5.76 Å². The Morgan fingerprint density at radius 2 is 2.20 bits per heavy atom. The minimum Gasteiger partial charge on any atom is -0.379 e. The third kappa shape index (κ3) is 3.02. The van der Waals surface area contributed by atoms with Gasteiger partial charge in [-0.25, -0.2) is 0 Å². The standard InChI is InChI=1S/C10H17N3O2/c11-8-9-7-10(15-12-9)1-2-13-3-5-14-6-4-13/h7H,1-6,8,11H2. The highest BCUT2D eigenvalue weighted by atomic mass is 16.5. The van der Waals surface area contributed by atoms with Crippen molar-refractivity contribution in [3.8, 4) is 0 Å². The molecule has 0 amide bonds. The van der Waals surface area contributed by atoms with Crippen molar-refractivity contribution in [1.29, 1.82) is 0 Å². The molecule has 5 heteroatoms. The van der Waals surface area contributed by atoms with Crippen molar-refractivity contribution in [3.63, 3.8) is 0 Å². The van der Waals surface area contributed by atoms with Gasteiger partial charge in [0.15, 0.2) is 0 Å². The van der Waals surface area contributed by atoms with E-state index in [-0.39, 0.29) is 0 Å². The van der Waals surface area contributed by atoms with Crippen LogP contribution in [0.1, 0.15) is 11.5 Å². The lowest BCUT2D eigenvalue weighted by Crippen LogP contribution is -2.37. The first kappa shape index (κ1) is 10.6. The number of rotatable bonds is 4. The van der Waals surface area contributed by atoms with Crippen molar-refractivity contribution in [2.45, 2.75) is 13.0 Å². The summed E-state index contributed by atoms with van der Waals surface area (Å²) >= 11 is 0. The Labute approximate surface area is 89.2 Å². The summed E-state index contributed by atoms with van der Waals surface area (Å²) in [6, 6.07) is 1.93. The average molecular weight is 211 g/mol.